The molecule has 0 aromatic heterocycles. The van der Waals surface area contributed by atoms with Gasteiger partial charge in [-0.2, -0.15) is 0 Å². The summed E-state index contributed by atoms with van der Waals surface area (Å²) >= 11 is 0. The maximum Gasteiger partial charge on any atom is 0.0618 e. The highest BCUT2D eigenvalue weighted by Gasteiger charge is 2.63. The average molecular weight is 459 g/mol. The van der Waals surface area contributed by atoms with E-state index in [1.165, 1.54) is 25.7 Å². The minimum atomic E-state index is -0.378. The van der Waals surface area contributed by atoms with Crippen LogP contribution in [-0.4, -0.2) is 34.1 Å². The summed E-state index contributed by atoms with van der Waals surface area (Å²) in [6.45, 7) is 14.5. The van der Waals surface area contributed by atoms with E-state index in [9.17, 15) is 15.3 Å². The molecule has 0 unspecified atom stereocenters. The van der Waals surface area contributed by atoms with Gasteiger partial charge < -0.3 is 15.3 Å². The Labute approximate surface area is 202 Å². The first-order valence-electron chi connectivity index (χ1n) is 14.0. The molecule has 33 heavy (non-hydrogen) atoms. The van der Waals surface area contributed by atoms with Gasteiger partial charge in [0.25, 0.3) is 0 Å². The van der Waals surface area contributed by atoms with Gasteiger partial charge in [-0.1, -0.05) is 53.2 Å². The fourth-order valence-corrected chi connectivity index (χ4v) is 11.0. The van der Waals surface area contributed by atoms with Crippen LogP contribution in [0.5, 0.6) is 0 Å². The third-order valence-corrected chi connectivity index (χ3v) is 13.0. The lowest BCUT2D eigenvalue weighted by atomic mass is 9.42. The van der Waals surface area contributed by atoms with Crippen LogP contribution in [0.1, 0.15) is 106 Å². The molecule has 0 aromatic carbocycles. The first-order chi connectivity index (χ1) is 15.3. The van der Waals surface area contributed by atoms with Crippen LogP contribution in [-0.2, 0) is 0 Å². The molecule has 0 radical (unpaired) electrons. The number of fused-ring (bicyclic) bond motifs is 6. The SMILES string of the molecule is CC1(C)[C@H](O)CC[C@]2(C)[C@H]3CC[C@H]4[C@@](C)(CC[C@@H]5[C@]4(C)CC[C@H](O)[C@]5(C)CO)CC3=CC[C@@H]12. The molecule has 0 spiro atoms. The summed E-state index contributed by atoms with van der Waals surface area (Å²) in [7, 11) is 0. The molecule has 4 fully saturated rings. The Morgan fingerprint density at radius 3 is 2.12 bits per heavy atom. The second kappa shape index (κ2) is 7.56. The zero-order valence-electron chi connectivity index (χ0n) is 22.2. The molecule has 0 aromatic rings. The molecule has 3 heteroatoms. The van der Waals surface area contributed by atoms with Crippen LogP contribution in [0.25, 0.3) is 0 Å². The van der Waals surface area contributed by atoms with Crippen LogP contribution in [0, 0.1) is 50.7 Å². The maximum atomic E-state index is 10.9. The standard InChI is InChI=1S/C30H50O3/c1-26(2)21-9-7-19-17-27(3)14-11-23-29(5,16-13-25(33)30(23,6)18-31)22(27)10-8-20(19)28(21,4)15-12-24(26)32/h7,20-25,31-33H,8-18H2,1-6H3/t20-,21-,22-,23+,24+,25-,27-,28+,29+,30+/m0/s1. The summed E-state index contributed by atoms with van der Waals surface area (Å²) < 4.78 is 0. The number of hydrogen-bond acceptors (Lipinski definition) is 3. The van der Waals surface area contributed by atoms with E-state index in [0.717, 1.165) is 38.5 Å². The molecule has 0 heterocycles. The van der Waals surface area contributed by atoms with Crippen molar-refractivity contribution in [3.8, 4) is 0 Å². The maximum absolute atomic E-state index is 10.9. The molecule has 4 saturated carbocycles. The molecule has 3 nitrogen and oxygen atoms in total. The predicted octanol–water partition coefficient (Wildman–Crippen LogP) is 6.11. The van der Waals surface area contributed by atoms with E-state index in [1.807, 2.05) is 0 Å². The molecule has 0 aliphatic heterocycles. The quantitative estimate of drug-likeness (QED) is 0.415. The van der Waals surface area contributed by atoms with Gasteiger partial charge in [-0.05, 0) is 110 Å². The van der Waals surface area contributed by atoms with E-state index in [-0.39, 0.29) is 35.1 Å². The topological polar surface area (TPSA) is 60.7 Å². The first-order valence-corrected chi connectivity index (χ1v) is 14.0. The summed E-state index contributed by atoms with van der Waals surface area (Å²) in [5.74, 6) is 2.25. The summed E-state index contributed by atoms with van der Waals surface area (Å²) in [6.07, 6.45) is 13.3. The zero-order chi connectivity index (χ0) is 24.0. The van der Waals surface area contributed by atoms with Gasteiger partial charge in [-0.3, -0.25) is 0 Å². The molecule has 3 N–H and O–H groups in total. The van der Waals surface area contributed by atoms with Gasteiger partial charge in [0.1, 0.15) is 0 Å². The monoisotopic (exact) mass is 458 g/mol. The van der Waals surface area contributed by atoms with Crippen molar-refractivity contribution in [3.05, 3.63) is 11.6 Å². The molecule has 0 bridgehead atoms. The Morgan fingerprint density at radius 2 is 1.42 bits per heavy atom. The van der Waals surface area contributed by atoms with Crippen LogP contribution in [0.4, 0.5) is 0 Å². The Hall–Kier alpha value is -0.380. The van der Waals surface area contributed by atoms with Gasteiger partial charge in [0, 0.05) is 5.41 Å². The molecule has 5 aliphatic rings. The number of aliphatic hydroxyl groups is 3. The number of hydrogen-bond donors (Lipinski definition) is 3. The highest BCUT2D eigenvalue weighted by Crippen LogP contribution is 2.70. The highest BCUT2D eigenvalue weighted by atomic mass is 16.3. The molecule has 0 saturated heterocycles. The zero-order valence-corrected chi connectivity index (χ0v) is 22.2. The number of rotatable bonds is 1. The number of allylic oxidation sites excluding steroid dienone is 2. The van der Waals surface area contributed by atoms with Crippen LogP contribution >= 0.6 is 0 Å². The van der Waals surface area contributed by atoms with Crippen molar-refractivity contribution in [2.45, 2.75) is 118 Å². The third-order valence-electron chi connectivity index (χ3n) is 13.0. The van der Waals surface area contributed by atoms with E-state index in [2.05, 4.69) is 47.6 Å². The average Bonchev–Trinajstić information content (AvgIpc) is 2.91. The van der Waals surface area contributed by atoms with Crippen molar-refractivity contribution >= 4 is 0 Å². The van der Waals surface area contributed by atoms with Crippen LogP contribution in [0.2, 0.25) is 0 Å². The Balaban J connectivity index is 1.50. The minimum Gasteiger partial charge on any atom is -0.396 e. The first kappa shape index (κ1) is 24.3. The molecule has 0 amide bonds. The summed E-state index contributed by atoms with van der Waals surface area (Å²) in [4.78, 5) is 0. The summed E-state index contributed by atoms with van der Waals surface area (Å²) in [5, 5.41) is 32.2. The van der Waals surface area contributed by atoms with Crippen molar-refractivity contribution in [2.24, 2.45) is 50.7 Å². The van der Waals surface area contributed by atoms with E-state index in [4.69, 9.17) is 0 Å². The lowest BCUT2D eigenvalue weighted by Crippen LogP contribution is -2.60. The van der Waals surface area contributed by atoms with Gasteiger partial charge in [0.15, 0.2) is 0 Å². The van der Waals surface area contributed by atoms with Crippen molar-refractivity contribution < 1.29 is 15.3 Å². The predicted molar refractivity (Wildman–Crippen MR) is 134 cm³/mol. The lowest BCUT2D eigenvalue weighted by Gasteiger charge is -2.64. The Morgan fingerprint density at radius 1 is 0.758 bits per heavy atom. The molecule has 5 rings (SSSR count). The Kier molecular flexibility index (Phi) is 5.57. The van der Waals surface area contributed by atoms with Gasteiger partial charge in [-0.25, -0.2) is 0 Å². The van der Waals surface area contributed by atoms with Crippen LogP contribution in [0.3, 0.4) is 0 Å². The van der Waals surface area contributed by atoms with Crippen molar-refractivity contribution in [2.75, 3.05) is 6.61 Å². The van der Waals surface area contributed by atoms with Crippen molar-refractivity contribution in [3.63, 3.8) is 0 Å². The highest BCUT2D eigenvalue weighted by molar-refractivity contribution is 5.25. The van der Waals surface area contributed by atoms with E-state index >= 15 is 0 Å². The van der Waals surface area contributed by atoms with Gasteiger partial charge in [0.2, 0.25) is 0 Å². The second-order valence-corrected chi connectivity index (χ2v) is 14.8. The van der Waals surface area contributed by atoms with Crippen LogP contribution < -0.4 is 0 Å². The van der Waals surface area contributed by atoms with Crippen LogP contribution in [0.15, 0.2) is 11.6 Å². The third kappa shape index (κ3) is 3.17. The van der Waals surface area contributed by atoms with E-state index in [1.54, 1.807) is 5.57 Å². The Bertz CT molecular complexity index is 817. The minimum absolute atomic E-state index is 0.0164. The van der Waals surface area contributed by atoms with E-state index < -0.39 is 0 Å². The van der Waals surface area contributed by atoms with Gasteiger partial charge in [-0.15, -0.1) is 0 Å². The lowest BCUT2D eigenvalue weighted by molar-refractivity contribution is -0.189. The molecule has 5 aliphatic carbocycles. The fourth-order valence-electron chi connectivity index (χ4n) is 11.0. The smallest absolute Gasteiger partial charge is 0.0618 e. The van der Waals surface area contributed by atoms with Crippen molar-refractivity contribution in [1.82, 2.24) is 0 Å². The number of aliphatic hydroxyl groups excluding tert-OH is 3. The summed E-state index contributed by atoms with van der Waals surface area (Å²) in [5.41, 5.74) is 2.15. The largest absolute Gasteiger partial charge is 0.396 e. The summed E-state index contributed by atoms with van der Waals surface area (Å²) in [6, 6.07) is 0. The normalized spacial score (nSPS) is 55.8. The van der Waals surface area contributed by atoms with Gasteiger partial charge >= 0.3 is 0 Å². The molecule has 188 valence electrons. The molecular weight excluding hydrogens is 408 g/mol. The molecule has 10 atom stereocenters. The van der Waals surface area contributed by atoms with Crippen molar-refractivity contribution in [1.29, 1.82) is 0 Å². The molecular formula is C30H50O3. The second-order valence-electron chi connectivity index (χ2n) is 14.8. The van der Waals surface area contributed by atoms with E-state index in [0.29, 0.717) is 34.5 Å². The van der Waals surface area contributed by atoms with Gasteiger partial charge in [0.05, 0.1) is 18.8 Å². The fraction of sp³-hybridized carbons (Fsp3) is 0.933.